The van der Waals surface area contributed by atoms with Crippen molar-refractivity contribution in [2.75, 3.05) is 6.61 Å². The van der Waals surface area contributed by atoms with Crippen LogP contribution < -0.4 is 11.1 Å². The highest BCUT2D eigenvalue weighted by atomic mass is 35.5. The summed E-state index contributed by atoms with van der Waals surface area (Å²) in [6.45, 7) is -0.310. The molecule has 1 atom stereocenters. The number of primary amides is 1. The molecule has 4 aromatic rings. The highest BCUT2D eigenvalue weighted by Gasteiger charge is 2.40. The van der Waals surface area contributed by atoms with E-state index in [4.69, 9.17) is 17.3 Å². The summed E-state index contributed by atoms with van der Waals surface area (Å²) in [4.78, 5) is 25.7. The zero-order chi connectivity index (χ0) is 28.4. The Labute approximate surface area is 222 Å². The van der Waals surface area contributed by atoms with Crippen LogP contribution in [0.15, 0.2) is 36.4 Å². The van der Waals surface area contributed by atoms with Gasteiger partial charge in [-0.15, -0.1) is 0 Å². The second-order valence-corrected chi connectivity index (χ2v) is 9.38. The van der Waals surface area contributed by atoms with Gasteiger partial charge < -0.3 is 16.2 Å². The van der Waals surface area contributed by atoms with E-state index in [-0.39, 0.29) is 57.3 Å². The minimum Gasteiger partial charge on any atom is -0.396 e. The van der Waals surface area contributed by atoms with Crippen molar-refractivity contribution in [3.05, 3.63) is 86.6 Å². The number of nitrogens with one attached hydrogen (secondary N) is 1. The van der Waals surface area contributed by atoms with Gasteiger partial charge in [0.1, 0.15) is 17.2 Å². The third kappa shape index (κ3) is 4.29. The first kappa shape index (κ1) is 26.6. The molecule has 2 heterocycles. The number of alkyl halides is 3. The highest BCUT2D eigenvalue weighted by Crippen LogP contribution is 2.46. The molecule has 0 bridgehead atoms. The van der Waals surface area contributed by atoms with Gasteiger partial charge in [-0.1, -0.05) is 11.6 Å². The molecule has 1 unspecified atom stereocenters. The summed E-state index contributed by atoms with van der Waals surface area (Å²) in [7, 11) is 1.55. The van der Waals surface area contributed by atoms with Gasteiger partial charge >= 0.3 is 6.18 Å². The van der Waals surface area contributed by atoms with E-state index in [0.29, 0.717) is 11.8 Å². The zero-order valence-electron chi connectivity index (χ0n) is 20.0. The number of nitrogens with zero attached hydrogens (tertiary/aromatic N) is 2. The predicted molar refractivity (Wildman–Crippen MR) is 131 cm³/mol. The zero-order valence-corrected chi connectivity index (χ0v) is 20.7. The standard InChI is InChI=1S/C26H18ClF5N4O3/c1-36-18(4-5-37)13-9-14(19-15(24(33)38)6-10(7-17(19)29)26(30,31)32)20-21(23(13)35-36)25(39)34-22(20)12-8-11(28)2-3-16(12)27/h2-3,6-9,22,37H,4-5H2,1H3,(H2,33,38)(H,34,39). The maximum atomic E-state index is 15.6. The van der Waals surface area contributed by atoms with Gasteiger partial charge in [-0.3, -0.25) is 14.3 Å². The Balaban J connectivity index is 1.94. The van der Waals surface area contributed by atoms with E-state index in [0.717, 1.165) is 12.1 Å². The van der Waals surface area contributed by atoms with Crippen molar-refractivity contribution in [1.29, 1.82) is 0 Å². The first-order valence-electron chi connectivity index (χ1n) is 11.4. The molecule has 0 spiro atoms. The minimum absolute atomic E-state index is 0.0230. The third-order valence-corrected chi connectivity index (χ3v) is 7.00. The molecule has 5 rings (SSSR count). The number of aliphatic hydroxyl groups is 1. The summed E-state index contributed by atoms with van der Waals surface area (Å²) in [6, 6.07) is 4.25. The van der Waals surface area contributed by atoms with Crippen molar-refractivity contribution in [3.63, 3.8) is 0 Å². The number of aryl methyl sites for hydroxylation is 1. The van der Waals surface area contributed by atoms with Crippen LogP contribution in [0.5, 0.6) is 0 Å². The monoisotopic (exact) mass is 564 g/mol. The molecular weight excluding hydrogens is 547 g/mol. The van der Waals surface area contributed by atoms with Crippen LogP contribution in [0.4, 0.5) is 22.0 Å². The number of aliphatic hydroxyl groups excluding tert-OH is 1. The van der Waals surface area contributed by atoms with Crippen molar-refractivity contribution >= 4 is 34.3 Å². The van der Waals surface area contributed by atoms with Crippen molar-refractivity contribution in [2.24, 2.45) is 12.8 Å². The number of hydrogen-bond donors (Lipinski definition) is 3. The Morgan fingerprint density at radius 2 is 1.90 bits per heavy atom. The Bertz CT molecular complexity index is 1700. The van der Waals surface area contributed by atoms with Gasteiger partial charge in [-0.05, 0) is 42.0 Å². The lowest BCUT2D eigenvalue weighted by molar-refractivity contribution is -0.137. The molecule has 0 saturated carbocycles. The van der Waals surface area contributed by atoms with Crippen molar-refractivity contribution in [2.45, 2.75) is 18.6 Å². The Morgan fingerprint density at radius 3 is 2.54 bits per heavy atom. The molecule has 7 nitrogen and oxygen atoms in total. The summed E-state index contributed by atoms with van der Waals surface area (Å²) in [5.41, 5.74) is 3.11. The molecule has 3 aromatic carbocycles. The largest absolute Gasteiger partial charge is 0.416 e. The number of fused-ring (bicyclic) bond motifs is 3. The number of amides is 2. The number of hydrogen-bond acceptors (Lipinski definition) is 4. The van der Waals surface area contributed by atoms with Crippen LogP contribution in [0.2, 0.25) is 5.02 Å². The Hall–Kier alpha value is -4.03. The molecule has 4 N–H and O–H groups in total. The van der Waals surface area contributed by atoms with Gasteiger partial charge in [-0.2, -0.15) is 18.3 Å². The summed E-state index contributed by atoms with van der Waals surface area (Å²) in [6.07, 6.45) is -4.91. The van der Waals surface area contributed by atoms with Crippen molar-refractivity contribution in [1.82, 2.24) is 15.1 Å². The second kappa shape index (κ2) is 9.31. The fourth-order valence-corrected chi connectivity index (χ4v) is 5.24. The molecule has 0 saturated heterocycles. The van der Waals surface area contributed by atoms with E-state index < -0.39 is 52.4 Å². The summed E-state index contributed by atoms with van der Waals surface area (Å²) >= 11 is 6.32. The van der Waals surface area contributed by atoms with Gasteiger partial charge in [0.15, 0.2) is 0 Å². The molecule has 1 aromatic heterocycles. The number of benzene rings is 3. The normalized spacial score (nSPS) is 15.1. The molecule has 0 radical (unpaired) electrons. The average Bonchev–Trinajstić information content (AvgIpc) is 3.36. The third-order valence-electron chi connectivity index (χ3n) is 6.65. The number of rotatable bonds is 5. The fourth-order valence-electron chi connectivity index (χ4n) is 5.02. The molecule has 13 heteroatoms. The van der Waals surface area contributed by atoms with Crippen molar-refractivity contribution < 1.29 is 36.6 Å². The molecule has 39 heavy (non-hydrogen) atoms. The quantitative estimate of drug-likeness (QED) is 0.306. The minimum atomic E-state index is -4.98. The van der Waals surface area contributed by atoms with Crippen LogP contribution in [0.1, 0.15) is 49.1 Å². The number of carbonyl (C=O) groups excluding carboxylic acids is 2. The fraction of sp³-hybridized carbons (Fsp3) is 0.192. The van der Waals surface area contributed by atoms with Crippen LogP contribution in [0.3, 0.4) is 0 Å². The van der Waals surface area contributed by atoms with Gasteiger partial charge in [-0.25, -0.2) is 8.78 Å². The highest BCUT2D eigenvalue weighted by molar-refractivity contribution is 6.31. The van der Waals surface area contributed by atoms with Crippen molar-refractivity contribution in [3.8, 4) is 11.1 Å². The number of halogens is 6. The van der Waals surface area contributed by atoms with Gasteiger partial charge in [0.05, 0.1) is 22.7 Å². The smallest absolute Gasteiger partial charge is 0.396 e. The van der Waals surface area contributed by atoms with Gasteiger partial charge in [0, 0.05) is 52.9 Å². The molecule has 0 aliphatic carbocycles. The van der Waals surface area contributed by atoms with Gasteiger partial charge in [0.2, 0.25) is 5.91 Å². The maximum absolute atomic E-state index is 15.6. The van der Waals surface area contributed by atoms with E-state index in [9.17, 15) is 32.3 Å². The van der Waals surface area contributed by atoms with Crippen LogP contribution in [-0.2, 0) is 19.6 Å². The topological polar surface area (TPSA) is 110 Å². The number of carbonyl (C=O) groups is 2. The SMILES string of the molecule is Cn1nc2c3c(c(-c4c(F)cc(C(F)(F)F)cc4C(N)=O)cc2c1CCO)C(c1cc(F)ccc1Cl)NC3=O. The number of nitrogens with two attached hydrogens (primary N) is 1. The van der Waals surface area contributed by atoms with E-state index in [1.165, 1.54) is 16.8 Å². The molecule has 1 aliphatic heterocycles. The predicted octanol–water partition coefficient (Wildman–Crippen LogP) is 4.66. The number of aromatic nitrogens is 2. The van der Waals surface area contributed by atoms with Crippen LogP contribution in [-0.4, -0.2) is 33.3 Å². The van der Waals surface area contributed by atoms with E-state index in [1.807, 2.05) is 0 Å². The summed E-state index contributed by atoms with van der Waals surface area (Å²) in [5.74, 6) is -4.15. The Morgan fingerprint density at radius 1 is 1.18 bits per heavy atom. The van der Waals surface area contributed by atoms with Gasteiger partial charge in [0.25, 0.3) is 5.91 Å². The van der Waals surface area contributed by atoms with E-state index in [1.54, 1.807) is 7.05 Å². The first-order valence-corrected chi connectivity index (χ1v) is 11.8. The lowest BCUT2D eigenvalue weighted by Gasteiger charge is -2.20. The Kier molecular flexibility index (Phi) is 6.34. The lowest BCUT2D eigenvalue weighted by Crippen LogP contribution is -2.21. The van der Waals surface area contributed by atoms with Crippen LogP contribution in [0.25, 0.3) is 22.0 Å². The first-order chi connectivity index (χ1) is 18.3. The summed E-state index contributed by atoms with van der Waals surface area (Å²) < 4.78 is 71.7. The van der Waals surface area contributed by atoms with E-state index in [2.05, 4.69) is 10.4 Å². The van der Waals surface area contributed by atoms with E-state index >= 15 is 4.39 Å². The maximum Gasteiger partial charge on any atom is 0.416 e. The van der Waals surface area contributed by atoms with Crippen LogP contribution in [0, 0.1) is 11.6 Å². The van der Waals surface area contributed by atoms with Crippen LogP contribution >= 0.6 is 11.6 Å². The lowest BCUT2D eigenvalue weighted by atomic mass is 9.85. The molecule has 202 valence electrons. The molecule has 0 fully saturated rings. The average molecular weight is 565 g/mol. The summed E-state index contributed by atoms with van der Waals surface area (Å²) in [5, 5.41) is 17.0. The molecular formula is C26H18ClF5N4O3. The molecule has 2 amide bonds. The molecule has 1 aliphatic rings. The second-order valence-electron chi connectivity index (χ2n) is 8.97.